The summed E-state index contributed by atoms with van der Waals surface area (Å²) in [6.45, 7) is 2.86. The molecule has 0 spiro atoms. The highest BCUT2D eigenvalue weighted by Crippen LogP contribution is 2.15. The Bertz CT molecular complexity index is 850. The maximum Gasteiger partial charge on any atom is 0.257 e. The second kappa shape index (κ2) is 9.68. The lowest BCUT2D eigenvalue weighted by Gasteiger charge is -2.06. The topological polar surface area (TPSA) is 73.3 Å². The Balaban J connectivity index is 1.35. The fraction of sp³-hybridized carbons (Fsp3) is 0.250. The molecule has 3 rings (SSSR count). The molecular weight excluding hydrogens is 362 g/mol. The summed E-state index contributed by atoms with van der Waals surface area (Å²) in [7, 11) is 0. The third-order valence-electron chi connectivity index (χ3n) is 3.66. The number of hydrogen-bond acceptors (Lipinski definition) is 6. The number of para-hydroxylation sites is 1. The predicted molar refractivity (Wildman–Crippen MR) is 104 cm³/mol. The zero-order valence-corrected chi connectivity index (χ0v) is 15.9. The molecule has 0 fully saturated rings. The molecule has 1 amide bonds. The number of benzene rings is 1. The molecule has 2 aromatic heterocycles. The zero-order chi connectivity index (χ0) is 18.9. The van der Waals surface area contributed by atoms with Crippen molar-refractivity contribution in [3.8, 4) is 11.5 Å². The molecule has 7 heteroatoms. The summed E-state index contributed by atoms with van der Waals surface area (Å²) < 4.78 is 11.1. The van der Waals surface area contributed by atoms with Gasteiger partial charge in [0.25, 0.3) is 5.91 Å². The van der Waals surface area contributed by atoms with Crippen LogP contribution in [0.3, 0.4) is 0 Å². The van der Waals surface area contributed by atoms with Gasteiger partial charge in [0.2, 0.25) is 0 Å². The highest BCUT2D eigenvalue weighted by molar-refractivity contribution is 7.09. The van der Waals surface area contributed by atoms with Gasteiger partial charge in [-0.3, -0.25) is 9.78 Å². The largest absolute Gasteiger partial charge is 0.485 e. The van der Waals surface area contributed by atoms with Crippen LogP contribution in [-0.4, -0.2) is 29.0 Å². The van der Waals surface area contributed by atoms with E-state index in [9.17, 15) is 4.79 Å². The summed E-state index contributed by atoms with van der Waals surface area (Å²) in [5.74, 6) is 1.26. The number of carbonyl (C=O) groups is 1. The van der Waals surface area contributed by atoms with Crippen molar-refractivity contribution >= 4 is 17.2 Å². The lowest BCUT2D eigenvalue weighted by molar-refractivity contribution is -0.123. The molecule has 2 heterocycles. The number of amides is 1. The van der Waals surface area contributed by atoms with Gasteiger partial charge in [-0.05, 0) is 31.2 Å². The molecule has 140 valence electrons. The van der Waals surface area contributed by atoms with E-state index in [1.807, 2.05) is 54.8 Å². The number of rotatable bonds is 9. The zero-order valence-electron chi connectivity index (χ0n) is 15.1. The molecular formula is C20H21N3O3S. The molecule has 0 unspecified atom stereocenters. The van der Waals surface area contributed by atoms with Crippen molar-refractivity contribution in [2.45, 2.75) is 20.0 Å². The fourth-order valence-corrected chi connectivity index (χ4v) is 3.00. The minimum Gasteiger partial charge on any atom is -0.485 e. The molecule has 1 N–H and O–H groups in total. The summed E-state index contributed by atoms with van der Waals surface area (Å²) >= 11 is 1.54. The van der Waals surface area contributed by atoms with Crippen LogP contribution in [0.5, 0.6) is 11.5 Å². The van der Waals surface area contributed by atoms with E-state index < -0.39 is 0 Å². The number of pyridine rings is 1. The van der Waals surface area contributed by atoms with E-state index in [4.69, 9.17) is 9.47 Å². The van der Waals surface area contributed by atoms with E-state index in [1.165, 1.54) is 0 Å². The van der Waals surface area contributed by atoms with Gasteiger partial charge < -0.3 is 14.8 Å². The molecule has 1 aromatic carbocycles. The van der Waals surface area contributed by atoms with Gasteiger partial charge in [0, 0.05) is 24.0 Å². The SMILES string of the molecule is Cc1ccc(OCc2nc(CCNC(=O)COc3ccccc3)cs2)cn1. The minimum absolute atomic E-state index is 0.00472. The molecule has 0 aliphatic rings. The Morgan fingerprint density at radius 1 is 1.11 bits per heavy atom. The molecule has 0 bridgehead atoms. The Morgan fingerprint density at radius 3 is 2.74 bits per heavy atom. The van der Waals surface area contributed by atoms with Crippen LogP contribution in [0.25, 0.3) is 0 Å². The second-order valence-electron chi connectivity index (χ2n) is 5.86. The summed E-state index contributed by atoms with van der Waals surface area (Å²) in [6, 6.07) is 13.1. The summed E-state index contributed by atoms with van der Waals surface area (Å²) in [4.78, 5) is 20.5. The van der Waals surface area contributed by atoms with Gasteiger partial charge in [-0.1, -0.05) is 18.2 Å². The standard InChI is InChI=1S/C20H21N3O3S/c1-15-7-8-18(11-22-15)26-13-20-23-16(14-27-20)9-10-21-19(24)12-25-17-5-3-2-4-6-17/h2-8,11,14H,9-10,12-13H2,1H3,(H,21,24). The van der Waals surface area contributed by atoms with Crippen molar-refractivity contribution in [3.05, 3.63) is 70.4 Å². The van der Waals surface area contributed by atoms with Gasteiger partial charge in [0.05, 0.1) is 11.9 Å². The average molecular weight is 383 g/mol. The number of nitrogens with one attached hydrogen (secondary N) is 1. The van der Waals surface area contributed by atoms with Crippen molar-refractivity contribution < 1.29 is 14.3 Å². The number of aromatic nitrogens is 2. The Hall–Kier alpha value is -2.93. The van der Waals surface area contributed by atoms with Crippen LogP contribution in [0.4, 0.5) is 0 Å². The Kier molecular flexibility index (Phi) is 6.76. The van der Waals surface area contributed by atoms with E-state index >= 15 is 0 Å². The van der Waals surface area contributed by atoms with E-state index in [1.54, 1.807) is 17.5 Å². The lowest BCUT2D eigenvalue weighted by atomic mass is 10.3. The van der Waals surface area contributed by atoms with Crippen molar-refractivity contribution in [2.24, 2.45) is 0 Å². The van der Waals surface area contributed by atoms with Crippen LogP contribution >= 0.6 is 11.3 Å². The van der Waals surface area contributed by atoms with Gasteiger partial charge in [0.1, 0.15) is 23.1 Å². The number of ether oxygens (including phenoxy) is 2. The second-order valence-corrected chi connectivity index (χ2v) is 6.80. The number of aryl methyl sites for hydroxylation is 1. The normalized spacial score (nSPS) is 10.4. The van der Waals surface area contributed by atoms with Gasteiger partial charge in [-0.15, -0.1) is 11.3 Å². The monoisotopic (exact) mass is 383 g/mol. The quantitative estimate of drug-likeness (QED) is 0.614. The molecule has 6 nitrogen and oxygen atoms in total. The number of thiazole rings is 1. The first-order valence-corrected chi connectivity index (χ1v) is 9.50. The third kappa shape index (κ3) is 6.38. The molecule has 0 aliphatic carbocycles. The maximum atomic E-state index is 11.8. The molecule has 0 aliphatic heterocycles. The van der Waals surface area contributed by atoms with E-state index in [2.05, 4.69) is 15.3 Å². The molecule has 27 heavy (non-hydrogen) atoms. The summed E-state index contributed by atoms with van der Waals surface area (Å²) in [5.41, 5.74) is 1.89. The van der Waals surface area contributed by atoms with Crippen LogP contribution in [0, 0.1) is 6.92 Å². The smallest absolute Gasteiger partial charge is 0.257 e. The number of carbonyl (C=O) groups excluding carboxylic acids is 1. The highest BCUT2D eigenvalue weighted by Gasteiger charge is 2.06. The van der Waals surface area contributed by atoms with E-state index in [0.29, 0.717) is 25.3 Å². The summed E-state index contributed by atoms with van der Waals surface area (Å²) in [6.07, 6.45) is 2.37. The Labute approximate surface area is 162 Å². The van der Waals surface area contributed by atoms with Crippen LogP contribution in [-0.2, 0) is 17.8 Å². The average Bonchev–Trinajstić information content (AvgIpc) is 3.14. The predicted octanol–water partition coefficient (Wildman–Crippen LogP) is 3.16. The van der Waals surface area contributed by atoms with Crippen molar-refractivity contribution in [1.82, 2.24) is 15.3 Å². The van der Waals surface area contributed by atoms with Crippen LogP contribution in [0.2, 0.25) is 0 Å². The lowest BCUT2D eigenvalue weighted by Crippen LogP contribution is -2.30. The van der Waals surface area contributed by atoms with Crippen LogP contribution < -0.4 is 14.8 Å². The fourth-order valence-electron chi connectivity index (χ4n) is 2.26. The van der Waals surface area contributed by atoms with Crippen molar-refractivity contribution in [1.29, 1.82) is 0 Å². The number of nitrogens with zero attached hydrogens (tertiary/aromatic N) is 2. The highest BCUT2D eigenvalue weighted by atomic mass is 32.1. The van der Waals surface area contributed by atoms with Gasteiger partial charge >= 0.3 is 0 Å². The molecule has 0 atom stereocenters. The molecule has 3 aromatic rings. The van der Waals surface area contributed by atoms with Gasteiger partial charge in [-0.2, -0.15) is 0 Å². The van der Waals surface area contributed by atoms with E-state index in [-0.39, 0.29) is 12.5 Å². The van der Waals surface area contributed by atoms with Gasteiger partial charge in [-0.25, -0.2) is 4.98 Å². The van der Waals surface area contributed by atoms with Crippen LogP contribution in [0.1, 0.15) is 16.4 Å². The van der Waals surface area contributed by atoms with Crippen LogP contribution in [0.15, 0.2) is 54.0 Å². The first kappa shape index (κ1) is 18.8. The van der Waals surface area contributed by atoms with Gasteiger partial charge in [0.15, 0.2) is 6.61 Å². The molecule has 0 saturated heterocycles. The summed E-state index contributed by atoms with van der Waals surface area (Å²) in [5, 5.41) is 5.71. The van der Waals surface area contributed by atoms with E-state index in [0.717, 1.165) is 22.1 Å². The molecule has 0 saturated carbocycles. The van der Waals surface area contributed by atoms with Crippen molar-refractivity contribution in [3.63, 3.8) is 0 Å². The first-order chi connectivity index (χ1) is 13.2. The Morgan fingerprint density at radius 2 is 1.96 bits per heavy atom. The number of hydrogen-bond donors (Lipinski definition) is 1. The third-order valence-corrected chi connectivity index (χ3v) is 4.53. The van der Waals surface area contributed by atoms with Crippen molar-refractivity contribution in [2.75, 3.05) is 13.2 Å². The maximum absolute atomic E-state index is 11.8. The minimum atomic E-state index is -0.149. The molecule has 0 radical (unpaired) electrons. The first-order valence-electron chi connectivity index (χ1n) is 8.62.